The summed E-state index contributed by atoms with van der Waals surface area (Å²) in [4.78, 5) is 21.9. The van der Waals surface area contributed by atoms with Crippen molar-refractivity contribution in [3.63, 3.8) is 0 Å². The second-order valence-corrected chi connectivity index (χ2v) is 8.98. The lowest BCUT2D eigenvalue weighted by atomic mass is 10.1. The molecule has 0 aliphatic carbocycles. The molecule has 170 valence electrons. The van der Waals surface area contributed by atoms with Gasteiger partial charge in [0.15, 0.2) is 10.9 Å². The molecule has 0 atom stereocenters. The molecule has 0 bridgehead atoms. The van der Waals surface area contributed by atoms with Gasteiger partial charge in [0.2, 0.25) is 0 Å². The van der Waals surface area contributed by atoms with Gasteiger partial charge in [-0.05, 0) is 29.8 Å². The number of likely N-dealkylation sites (N-methyl/N-ethyl adjacent to an activating group) is 1. The van der Waals surface area contributed by atoms with E-state index in [0.29, 0.717) is 18.1 Å². The monoisotopic (exact) mass is 453 g/mol. The van der Waals surface area contributed by atoms with E-state index in [0.717, 1.165) is 55.7 Å². The van der Waals surface area contributed by atoms with E-state index in [1.807, 2.05) is 29.9 Å². The molecule has 0 radical (unpaired) electrons. The predicted octanol–water partition coefficient (Wildman–Crippen LogP) is 3.37. The summed E-state index contributed by atoms with van der Waals surface area (Å²) in [7, 11) is 1.96. The molecule has 4 rings (SSSR count). The molecule has 0 spiro atoms. The van der Waals surface area contributed by atoms with Gasteiger partial charge in [-0.3, -0.25) is 9.69 Å². The van der Waals surface area contributed by atoms with Crippen LogP contribution < -0.4 is 5.32 Å². The number of thioether (sulfide) groups is 1. The van der Waals surface area contributed by atoms with E-state index in [4.69, 9.17) is 4.42 Å². The number of aryl methyl sites for hydroxylation is 1. The minimum atomic E-state index is -0.190. The fraction of sp³-hybridized carbons (Fsp3) is 0.417. The standard InChI is InChI=1S/C24H31N5O2S/c1-3-28-12-14-29(15-13-28)17-20-7-5-4-6-19(20)16-26-23(30)22-9-8-21(31-22)18-32-24-25-10-11-27(24)2/h4-11H,3,12-18H2,1-2H3,(H,26,30). The van der Waals surface area contributed by atoms with Crippen LogP contribution in [0.1, 0.15) is 34.4 Å². The van der Waals surface area contributed by atoms with Crippen LogP contribution in [0, 0.1) is 0 Å². The van der Waals surface area contributed by atoms with E-state index < -0.39 is 0 Å². The van der Waals surface area contributed by atoms with Crippen molar-refractivity contribution in [2.45, 2.75) is 30.9 Å². The van der Waals surface area contributed by atoms with Crippen LogP contribution in [0.3, 0.4) is 0 Å². The molecule has 32 heavy (non-hydrogen) atoms. The molecule has 1 aliphatic heterocycles. The molecule has 1 N–H and O–H groups in total. The molecule has 2 aromatic heterocycles. The van der Waals surface area contributed by atoms with E-state index in [1.165, 1.54) is 5.56 Å². The topological polar surface area (TPSA) is 66.5 Å². The molecule has 1 saturated heterocycles. The van der Waals surface area contributed by atoms with Gasteiger partial charge in [-0.15, -0.1) is 0 Å². The molecular weight excluding hydrogens is 422 g/mol. The molecule has 8 heteroatoms. The van der Waals surface area contributed by atoms with Gasteiger partial charge in [0.1, 0.15) is 5.76 Å². The van der Waals surface area contributed by atoms with E-state index in [2.05, 4.69) is 45.2 Å². The molecule has 3 heterocycles. The molecule has 1 amide bonds. The number of piperazine rings is 1. The number of hydrogen-bond donors (Lipinski definition) is 1. The highest BCUT2D eigenvalue weighted by Crippen LogP contribution is 2.22. The maximum atomic E-state index is 12.6. The first-order chi connectivity index (χ1) is 15.6. The van der Waals surface area contributed by atoms with Crippen LogP contribution in [-0.2, 0) is 25.9 Å². The smallest absolute Gasteiger partial charge is 0.287 e. The molecule has 3 aromatic rings. The Hall–Kier alpha value is -2.55. The Morgan fingerprint density at radius 1 is 1.09 bits per heavy atom. The van der Waals surface area contributed by atoms with Crippen molar-refractivity contribution in [1.29, 1.82) is 0 Å². The van der Waals surface area contributed by atoms with E-state index in [9.17, 15) is 4.79 Å². The Morgan fingerprint density at radius 2 is 1.84 bits per heavy atom. The molecular formula is C24H31N5O2S. The summed E-state index contributed by atoms with van der Waals surface area (Å²) in [5.74, 6) is 1.54. The largest absolute Gasteiger partial charge is 0.455 e. The van der Waals surface area contributed by atoms with E-state index in [-0.39, 0.29) is 5.91 Å². The Kier molecular flexibility index (Phi) is 7.68. The first-order valence-electron chi connectivity index (χ1n) is 11.1. The second-order valence-electron chi connectivity index (χ2n) is 8.04. The lowest BCUT2D eigenvalue weighted by Crippen LogP contribution is -2.45. The van der Waals surface area contributed by atoms with Gasteiger partial charge in [-0.25, -0.2) is 4.98 Å². The normalized spacial score (nSPS) is 15.2. The molecule has 0 unspecified atom stereocenters. The maximum absolute atomic E-state index is 12.6. The molecule has 7 nitrogen and oxygen atoms in total. The third kappa shape index (κ3) is 5.82. The number of rotatable bonds is 9. The zero-order chi connectivity index (χ0) is 22.3. The summed E-state index contributed by atoms with van der Waals surface area (Å²) in [6.07, 6.45) is 3.68. The summed E-state index contributed by atoms with van der Waals surface area (Å²) in [5, 5.41) is 3.94. The molecule has 1 aromatic carbocycles. The number of aromatic nitrogens is 2. The number of amides is 1. The SMILES string of the molecule is CCN1CCN(Cc2ccccc2CNC(=O)c2ccc(CSc3nccn3C)o2)CC1. The lowest BCUT2D eigenvalue weighted by molar-refractivity contribution is 0.0921. The minimum Gasteiger partial charge on any atom is -0.455 e. The van der Waals surface area contributed by atoms with Crippen molar-refractivity contribution >= 4 is 17.7 Å². The van der Waals surface area contributed by atoms with Gasteiger partial charge < -0.3 is 19.2 Å². The fourth-order valence-corrected chi connectivity index (χ4v) is 4.68. The third-order valence-corrected chi connectivity index (χ3v) is 6.95. The Balaban J connectivity index is 1.30. The number of benzene rings is 1. The van der Waals surface area contributed by atoms with Crippen molar-refractivity contribution in [2.24, 2.45) is 7.05 Å². The van der Waals surface area contributed by atoms with Crippen LogP contribution in [0.15, 0.2) is 58.4 Å². The average molecular weight is 454 g/mol. The first-order valence-corrected chi connectivity index (χ1v) is 12.1. The van der Waals surface area contributed by atoms with Crippen LogP contribution in [0.2, 0.25) is 0 Å². The number of nitrogens with one attached hydrogen (secondary N) is 1. The molecule has 1 fully saturated rings. The van der Waals surface area contributed by atoms with Crippen molar-refractivity contribution in [1.82, 2.24) is 24.7 Å². The van der Waals surface area contributed by atoms with Crippen LogP contribution in [-0.4, -0.2) is 58.0 Å². The quantitative estimate of drug-likeness (QED) is 0.501. The molecule has 0 saturated carbocycles. The van der Waals surface area contributed by atoms with Crippen LogP contribution in [0.5, 0.6) is 0 Å². The number of nitrogens with zero attached hydrogens (tertiary/aromatic N) is 4. The van der Waals surface area contributed by atoms with Gasteiger partial charge >= 0.3 is 0 Å². The van der Waals surface area contributed by atoms with Crippen LogP contribution in [0.25, 0.3) is 0 Å². The minimum absolute atomic E-state index is 0.190. The first kappa shape index (κ1) is 22.6. The van der Waals surface area contributed by atoms with Gasteiger partial charge in [0.25, 0.3) is 5.91 Å². The number of carbonyl (C=O) groups is 1. The molecule has 1 aliphatic rings. The highest BCUT2D eigenvalue weighted by atomic mass is 32.2. The van der Waals surface area contributed by atoms with Crippen molar-refractivity contribution in [2.75, 3.05) is 32.7 Å². The number of furan rings is 1. The summed E-state index contributed by atoms with van der Waals surface area (Å²) in [6, 6.07) is 11.9. The highest BCUT2D eigenvalue weighted by molar-refractivity contribution is 7.98. The third-order valence-electron chi connectivity index (χ3n) is 5.87. The van der Waals surface area contributed by atoms with Gasteiger partial charge in [0.05, 0.1) is 5.75 Å². The van der Waals surface area contributed by atoms with Gasteiger partial charge in [-0.1, -0.05) is 43.0 Å². The second kappa shape index (κ2) is 10.8. The van der Waals surface area contributed by atoms with E-state index in [1.54, 1.807) is 24.0 Å². The summed E-state index contributed by atoms with van der Waals surface area (Å²) < 4.78 is 7.72. The van der Waals surface area contributed by atoms with Gasteiger partial charge in [-0.2, -0.15) is 0 Å². The number of imidazole rings is 1. The van der Waals surface area contributed by atoms with Crippen molar-refractivity contribution in [3.05, 3.63) is 71.4 Å². The summed E-state index contributed by atoms with van der Waals surface area (Å²) in [5.41, 5.74) is 2.42. The van der Waals surface area contributed by atoms with Crippen molar-refractivity contribution in [3.8, 4) is 0 Å². The lowest BCUT2D eigenvalue weighted by Gasteiger charge is -2.34. The van der Waals surface area contributed by atoms with Crippen molar-refractivity contribution < 1.29 is 9.21 Å². The number of hydrogen-bond acceptors (Lipinski definition) is 6. The highest BCUT2D eigenvalue weighted by Gasteiger charge is 2.17. The summed E-state index contributed by atoms with van der Waals surface area (Å²) in [6.45, 7) is 9.14. The predicted molar refractivity (Wildman–Crippen MR) is 126 cm³/mol. The summed E-state index contributed by atoms with van der Waals surface area (Å²) >= 11 is 1.58. The van der Waals surface area contributed by atoms with Crippen LogP contribution in [0.4, 0.5) is 0 Å². The average Bonchev–Trinajstić information content (AvgIpc) is 3.46. The Labute approximate surface area is 193 Å². The zero-order valence-electron chi connectivity index (χ0n) is 18.8. The zero-order valence-corrected chi connectivity index (χ0v) is 19.6. The van der Waals surface area contributed by atoms with E-state index >= 15 is 0 Å². The number of carbonyl (C=O) groups excluding carboxylic acids is 1. The van der Waals surface area contributed by atoms with Gasteiger partial charge in [0, 0.05) is 58.7 Å². The van der Waals surface area contributed by atoms with Crippen LogP contribution >= 0.6 is 11.8 Å². The Morgan fingerprint density at radius 3 is 2.56 bits per heavy atom. The Bertz CT molecular complexity index is 1020. The maximum Gasteiger partial charge on any atom is 0.287 e. The fourth-order valence-electron chi connectivity index (χ4n) is 3.86.